The van der Waals surface area contributed by atoms with Gasteiger partial charge in [0.05, 0.1) is 18.8 Å². The second-order valence-corrected chi connectivity index (χ2v) is 8.52. The summed E-state index contributed by atoms with van der Waals surface area (Å²) in [7, 11) is 1.43. The Bertz CT molecular complexity index is 1300. The van der Waals surface area contributed by atoms with Crippen LogP contribution >= 0.6 is 0 Å². The van der Waals surface area contributed by atoms with Crippen LogP contribution in [0.15, 0.2) is 37.6 Å². The van der Waals surface area contributed by atoms with E-state index in [1.165, 1.54) is 20.2 Å². The maximum Gasteiger partial charge on any atom is 0.330 e. The van der Waals surface area contributed by atoms with Crippen LogP contribution in [0.5, 0.6) is 0 Å². The van der Waals surface area contributed by atoms with Crippen molar-refractivity contribution in [3.05, 3.63) is 65.7 Å². The van der Waals surface area contributed by atoms with E-state index >= 15 is 0 Å². The molecule has 2 saturated heterocycles. The molecule has 8 atom stereocenters. The molecule has 0 saturated carbocycles. The van der Waals surface area contributed by atoms with Gasteiger partial charge in [-0.05, 0) is 6.92 Å². The molecule has 0 radical (unpaired) electrons. The first-order valence-electron chi connectivity index (χ1n) is 10.7. The van der Waals surface area contributed by atoms with Gasteiger partial charge in [-0.3, -0.25) is 24.1 Å². The van der Waals surface area contributed by atoms with Crippen LogP contribution in [0, 0.1) is 0 Å². The minimum Gasteiger partial charge on any atom is -0.394 e. The zero-order valence-corrected chi connectivity index (χ0v) is 19.2. The van der Waals surface area contributed by atoms with Gasteiger partial charge in [-0.25, -0.2) is 9.59 Å². The third kappa shape index (κ3) is 4.97. The number of H-pyrrole nitrogens is 2. The summed E-state index contributed by atoms with van der Waals surface area (Å²) in [5.74, 6) is 0. The number of hydrogen-bond acceptors (Lipinski definition) is 12. The highest BCUT2D eigenvalue weighted by atomic mass is 16.6. The molecule has 0 amide bonds. The van der Waals surface area contributed by atoms with Gasteiger partial charge >= 0.3 is 11.4 Å². The number of rotatable bonds is 4. The summed E-state index contributed by atoms with van der Waals surface area (Å²) >= 11 is 0. The van der Waals surface area contributed by atoms with Crippen molar-refractivity contribution < 1.29 is 40.1 Å². The quantitative estimate of drug-likeness (QED) is 0.190. The van der Waals surface area contributed by atoms with E-state index in [-0.39, 0.29) is 5.56 Å². The standard InChI is InChI=1S/2C10H14N2O6/c1-12-2-4(9(16)11-10(12)17)8-7(15)6(14)5(3-13)18-8;1-10(8(16)7(15)5(4-13)18-10)12-3-2-6(14)11-9(12)17/h2,5-8,13-15H,3H2,1H3,(H,11,16,17);2-3,5,7-8,13,15-16H,4H2,1H3,(H,11,14,17)/t5-,6-,7-,8+;5-,7-,8-,10-/m11/s1. The minimum absolute atomic E-state index is 0.0274. The van der Waals surface area contributed by atoms with E-state index in [9.17, 15) is 39.6 Å². The maximum absolute atomic E-state index is 11.7. The van der Waals surface area contributed by atoms with E-state index < -0.39 is 84.2 Å². The van der Waals surface area contributed by atoms with Crippen molar-refractivity contribution in [2.24, 2.45) is 7.05 Å². The molecule has 200 valence electrons. The van der Waals surface area contributed by atoms with Gasteiger partial charge in [0.15, 0.2) is 5.72 Å². The lowest BCUT2D eigenvalue weighted by atomic mass is 10.0. The summed E-state index contributed by atoms with van der Waals surface area (Å²) in [5, 5.41) is 56.9. The molecule has 0 spiro atoms. The van der Waals surface area contributed by atoms with Crippen LogP contribution in [0.2, 0.25) is 0 Å². The lowest BCUT2D eigenvalue weighted by Gasteiger charge is -2.29. The molecule has 0 bridgehead atoms. The zero-order valence-electron chi connectivity index (χ0n) is 19.2. The van der Waals surface area contributed by atoms with Gasteiger partial charge < -0.3 is 44.7 Å². The van der Waals surface area contributed by atoms with Crippen molar-refractivity contribution >= 4 is 0 Å². The minimum atomic E-state index is -1.55. The predicted molar refractivity (Wildman–Crippen MR) is 118 cm³/mol. The molecule has 2 aromatic rings. The normalized spacial score (nSPS) is 33.8. The fourth-order valence-electron chi connectivity index (χ4n) is 4.02. The SMILES string of the molecule is C[C@@]1(n2ccc(=O)[nH]c2=O)O[C@H](CO)[C@@H](O)[C@H]1O.Cn1cc([C@@H]2O[C@H](CO)[C@@H](O)[C@H]2O)c(=O)[nH]c1=O. The number of aryl methyl sites for hydroxylation is 1. The predicted octanol–water partition coefficient (Wildman–Crippen LogP) is -5.45. The van der Waals surface area contributed by atoms with E-state index in [1.807, 2.05) is 4.98 Å². The monoisotopic (exact) mass is 516 g/mol. The fraction of sp³-hybridized carbons (Fsp3) is 0.600. The Hall–Kier alpha value is -2.96. The second kappa shape index (κ2) is 10.6. The van der Waals surface area contributed by atoms with Gasteiger partial charge in [-0.15, -0.1) is 0 Å². The first-order valence-corrected chi connectivity index (χ1v) is 10.7. The van der Waals surface area contributed by atoms with Gasteiger partial charge in [0.25, 0.3) is 11.1 Å². The molecular weight excluding hydrogens is 488 g/mol. The molecule has 2 aliphatic heterocycles. The topological polar surface area (TPSA) is 250 Å². The third-order valence-corrected chi connectivity index (χ3v) is 6.11. The van der Waals surface area contributed by atoms with Crippen LogP contribution in [-0.4, -0.2) is 99.6 Å². The summed E-state index contributed by atoms with van der Waals surface area (Å²) in [6.45, 7) is 0.417. The van der Waals surface area contributed by atoms with Crippen LogP contribution in [0.3, 0.4) is 0 Å². The van der Waals surface area contributed by atoms with Crippen molar-refractivity contribution in [3.63, 3.8) is 0 Å². The smallest absolute Gasteiger partial charge is 0.330 e. The van der Waals surface area contributed by atoms with E-state index in [4.69, 9.17) is 19.7 Å². The molecule has 2 fully saturated rings. The number of aliphatic hydroxyl groups is 6. The Morgan fingerprint density at radius 3 is 2.11 bits per heavy atom. The van der Waals surface area contributed by atoms with Crippen molar-refractivity contribution in [2.45, 2.75) is 55.4 Å². The van der Waals surface area contributed by atoms with Crippen LogP contribution in [0.4, 0.5) is 0 Å². The molecule has 2 aromatic heterocycles. The first-order chi connectivity index (χ1) is 16.8. The largest absolute Gasteiger partial charge is 0.394 e. The molecule has 4 heterocycles. The molecule has 0 aliphatic carbocycles. The molecule has 4 rings (SSSR count). The zero-order chi connectivity index (χ0) is 26.9. The molecular formula is C20H28N4O12. The number of nitrogens with zero attached hydrogens (tertiary/aromatic N) is 2. The first kappa shape index (κ1) is 27.6. The molecule has 16 heteroatoms. The number of nitrogens with one attached hydrogen (secondary N) is 2. The van der Waals surface area contributed by atoms with Gasteiger partial charge in [0.1, 0.15) is 42.7 Å². The highest BCUT2D eigenvalue weighted by Gasteiger charge is 2.52. The fourth-order valence-corrected chi connectivity index (χ4v) is 4.02. The Labute approximate surface area is 201 Å². The highest BCUT2D eigenvalue weighted by Crippen LogP contribution is 2.34. The Morgan fingerprint density at radius 1 is 0.944 bits per heavy atom. The van der Waals surface area contributed by atoms with Crippen molar-refractivity contribution in [3.8, 4) is 0 Å². The van der Waals surface area contributed by atoms with E-state index in [1.54, 1.807) is 0 Å². The maximum atomic E-state index is 11.7. The van der Waals surface area contributed by atoms with E-state index in [2.05, 4.69) is 4.98 Å². The molecule has 0 aromatic carbocycles. The lowest BCUT2D eigenvalue weighted by molar-refractivity contribution is -0.137. The molecule has 16 nitrogen and oxygen atoms in total. The van der Waals surface area contributed by atoms with Crippen LogP contribution in [-0.2, 0) is 22.2 Å². The van der Waals surface area contributed by atoms with Crippen molar-refractivity contribution in [2.75, 3.05) is 13.2 Å². The molecule has 36 heavy (non-hydrogen) atoms. The Kier molecular flexibility index (Phi) is 8.11. The summed E-state index contributed by atoms with van der Waals surface area (Å²) in [5.41, 5.74) is -4.14. The van der Waals surface area contributed by atoms with Gasteiger partial charge in [-0.1, -0.05) is 0 Å². The number of aliphatic hydroxyl groups excluding tert-OH is 6. The van der Waals surface area contributed by atoms with Crippen LogP contribution in [0.25, 0.3) is 0 Å². The number of ether oxygens (including phenoxy) is 2. The average molecular weight is 516 g/mol. The van der Waals surface area contributed by atoms with Gasteiger partial charge in [0.2, 0.25) is 0 Å². The Morgan fingerprint density at radius 2 is 1.58 bits per heavy atom. The van der Waals surface area contributed by atoms with E-state index in [0.29, 0.717) is 0 Å². The molecule has 8 N–H and O–H groups in total. The third-order valence-electron chi connectivity index (χ3n) is 6.11. The number of hydrogen-bond donors (Lipinski definition) is 8. The average Bonchev–Trinajstić information content (AvgIpc) is 3.24. The van der Waals surface area contributed by atoms with Crippen LogP contribution < -0.4 is 22.5 Å². The van der Waals surface area contributed by atoms with Crippen molar-refractivity contribution in [1.29, 1.82) is 0 Å². The second-order valence-electron chi connectivity index (χ2n) is 8.52. The summed E-state index contributed by atoms with van der Waals surface area (Å²) in [6.07, 6.45) is -5.97. The van der Waals surface area contributed by atoms with Crippen LogP contribution in [0.1, 0.15) is 18.6 Å². The Balaban J connectivity index is 0.000000201. The van der Waals surface area contributed by atoms with Crippen molar-refractivity contribution in [1.82, 2.24) is 19.1 Å². The van der Waals surface area contributed by atoms with E-state index in [0.717, 1.165) is 21.4 Å². The summed E-state index contributed by atoms with van der Waals surface area (Å²) in [6, 6.07) is 1.10. The lowest BCUT2D eigenvalue weighted by Crippen LogP contribution is -2.49. The molecule has 2 aliphatic rings. The molecule has 0 unspecified atom stereocenters. The van der Waals surface area contributed by atoms with Gasteiger partial charge in [0, 0.05) is 25.5 Å². The summed E-state index contributed by atoms with van der Waals surface area (Å²) in [4.78, 5) is 49.5. The number of aromatic amines is 2. The highest BCUT2D eigenvalue weighted by molar-refractivity contribution is 5.14. The summed E-state index contributed by atoms with van der Waals surface area (Å²) < 4.78 is 12.6. The van der Waals surface area contributed by atoms with Gasteiger partial charge in [-0.2, -0.15) is 0 Å². The number of aromatic nitrogens is 4.